The molecule has 0 spiro atoms. The summed E-state index contributed by atoms with van der Waals surface area (Å²) < 4.78 is 27.2. The normalized spacial score (nSPS) is 10.4. The standard InChI is InChI=1S/C9H12O3S.ClH/c1-2-8-13(10,11)12-9-6-4-3-5-7-9;/h3-7H,2,8H2,1H3;1H. The molecule has 0 heterocycles. The van der Waals surface area contributed by atoms with E-state index in [4.69, 9.17) is 4.18 Å². The van der Waals surface area contributed by atoms with Crippen LogP contribution in [0, 0.1) is 0 Å². The van der Waals surface area contributed by atoms with Crippen molar-refractivity contribution in [3.8, 4) is 5.75 Å². The first-order chi connectivity index (χ1) is 6.14. The molecule has 0 aliphatic rings. The Hall–Kier alpha value is -0.740. The van der Waals surface area contributed by atoms with E-state index in [1.165, 1.54) is 0 Å². The van der Waals surface area contributed by atoms with Crippen molar-refractivity contribution in [3.63, 3.8) is 0 Å². The molecule has 0 radical (unpaired) electrons. The lowest BCUT2D eigenvalue weighted by Gasteiger charge is -2.04. The molecule has 0 fully saturated rings. The molecule has 0 saturated heterocycles. The van der Waals surface area contributed by atoms with Gasteiger partial charge in [0.05, 0.1) is 5.75 Å². The fraction of sp³-hybridized carbons (Fsp3) is 0.333. The molecule has 0 atom stereocenters. The molecule has 0 N–H and O–H groups in total. The van der Waals surface area contributed by atoms with Crippen LogP contribution in [0.25, 0.3) is 0 Å². The highest BCUT2D eigenvalue weighted by Gasteiger charge is 2.09. The fourth-order valence-corrected chi connectivity index (χ4v) is 1.90. The smallest absolute Gasteiger partial charge is 0.309 e. The maximum atomic E-state index is 11.2. The second kappa shape index (κ2) is 5.88. The van der Waals surface area contributed by atoms with Gasteiger partial charge >= 0.3 is 10.1 Å². The number of halogens is 1. The molecule has 0 amide bonds. The van der Waals surface area contributed by atoms with Crippen LogP contribution in [-0.4, -0.2) is 14.2 Å². The highest BCUT2D eigenvalue weighted by Crippen LogP contribution is 2.11. The van der Waals surface area contributed by atoms with Crippen LogP contribution in [0.2, 0.25) is 0 Å². The van der Waals surface area contributed by atoms with Crippen LogP contribution in [0.4, 0.5) is 0 Å². The summed E-state index contributed by atoms with van der Waals surface area (Å²) >= 11 is 0. The highest BCUT2D eigenvalue weighted by molar-refractivity contribution is 7.87. The van der Waals surface area contributed by atoms with Crippen LogP contribution >= 0.6 is 12.4 Å². The Labute approximate surface area is 90.6 Å². The van der Waals surface area contributed by atoms with Gasteiger partial charge in [0.25, 0.3) is 0 Å². The Morgan fingerprint density at radius 3 is 2.29 bits per heavy atom. The van der Waals surface area contributed by atoms with Gasteiger partial charge in [-0.25, -0.2) is 0 Å². The van der Waals surface area contributed by atoms with Crippen LogP contribution in [0.15, 0.2) is 30.3 Å². The van der Waals surface area contributed by atoms with Gasteiger partial charge in [0.15, 0.2) is 0 Å². The lowest BCUT2D eigenvalue weighted by molar-refractivity contribution is 0.485. The minimum Gasteiger partial charge on any atom is -0.382 e. The van der Waals surface area contributed by atoms with Gasteiger partial charge in [0, 0.05) is 0 Å². The molecule has 0 aliphatic carbocycles. The largest absolute Gasteiger partial charge is 0.382 e. The molecule has 0 saturated carbocycles. The number of hydrogen-bond acceptors (Lipinski definition) is 3. The van der Waals surface area contributed by atoms with Crippen molar-refractivity contribution in [2.75, 3.05) is 5.75 Å². The SMILES string of the molecule is CCCS(=O)(=O)Oc1ccccc1.Cl. The number of benzene rings is 1. The molecule has 0 unspecified atom stereocenters. The number of para-hydroxylation sites is 1. The summed E-state index contributed by atoms with van der Waals surface area (Å²) in [6.45, 7) is 1.80. The van der Waals surface area contributed by atoms with Crippen LogP contribution < -0.4 is 4.18 Å². The van der Waals surface area contributed by atoms with Gasteiger partial charge in [-0.2, -0.15) is 8.42 Å². The Balaban J connectivity index is 0.00000169. The predicted octanol–water partition coefficient (Wildman–Crippen LogP) is 2.23. The molecule has 1 aromatic carbocycles. The van der Waals surface area contributed by atoms with Crippen LogP contribution in [0.1, 0.15) is 13.3 Å². The molecular formula is C9H13ClO3S. The van der Waals surface area contributed by atoms with E-state index < -0.39 is 10.1 Å². The molecule has 0 aliphatic heterocycles. The summed E-state index contributed by atoms with van der Waals surface area (Å²) in [5.41, 5.74) is 0. The first-order valence-corrected chi connectivity index (χ1v) is 5.69. The van der Waals surface area contributed by atoms with Crippen molar-refractivity contribution in [1.82, 2.24) is 0 Å². The summed E-state index contributed by atoms with van der Waals surface area (Å²) in [5, 5.41) is 0. The second-order valence-electron chi connectivity index (χ2n) is 2.66. The molecule has 80 valence electrons. The summed E-state index contributed by atoms with van der Waals surface area (Å²) in [4.78, 5) is 0. The first-order valence-electron chi connectivity index (χ1n) is 4.11. The van der Waals surface area contributed by atoms with E-state index in [-0.39, 0.29) is 18.2 Å². The molecule has 1 aromatic rings. The van der Waals surface area contributed by atoms with Gasteiger partial charge in [-0.3, -0.25) is 0 Å². The fourth-order valence-electron chi connectivity index (χ4n) is 0.914. The topological polar surface area (TPSA) is 43.4 Å². The number of hydrogen-bond donors (Lipinski definition) is 0. The third-order valence-electron chi connectivity index (χ3n) is 1.42. The molecule has 0 aromatic heterocycles. The molecule has 0 bridgehead atoms. The van der Waals surface area contributed by atoms with Gasteiger partial charge in [0.2, 0.25) is 0 Å². The van der Waals surface area contributed by atoms with E-state index in [0.717, 1.165) is 0 Å². The number of rotatable bonds is 4. The summed E-state index contributed by atoms with van der Waals surface area (Å²) in [7, 11) is -3.38. The van der Waals surface area contributed by atoms with Crippen molar-refractivity contribution >= 4 is 22.5 Å². The van der Waals surface area contributed by atoms with Crippen LogP contribution in [0.5, 0.6) is 5.75 Å². The van der Waals surface area contributed by atoms with Crippen LogP contribution in [-0.2, 0) is 10.1 Å². The lowest BCUT2D eigenvalue weighted by atomic mass is 10.3. The van der Waals surface area contributed by atoms with Crippen molar-refractivity contribution < 1.29 is 12.6 Å². The Morgan fingerprint density at radius 2 is 1.79 bits per heavy atom. The second-order valence-corrected chi connectivity index (χ2v) is 4.35. The van der Waals surface area contributed by atoms with Gasteiger partial charge in [-0.05, 0) is 18.6 Å². The van der Waals surface area contributed by atoms with Crippen LogP contribution in [0.3, 0.4) is 0 Å². The van der Waals surface area contributed by atoms with Crippen molar-refractivity contribution in [2.24, 2.45) is 0 Å². The van der Waals surface area contributed by atoms with E-state index in [2.05, 4.69) is 0 Å². The third kappa shape index (κ3) is 4.48. The molecule has 3 nitrogen and oxygen atoms in total. The maximum Gasteiger partial charge on any atom is 0.309 e. The monoisotopic (exact) mass is 236 g/mol. The van der Waals surface area contributed by atoms with Crippen molar-refractivity contribution in [1.29, 1.82) is 0 Å². The average Bonchev–Trinajstić information content (AvgIpc) is 2.04. The quantitative estimate of drug-likeness (QED) is 0.753. The van der Waals surface area contributed by atoms with E-state index in [9.17, 15) is 8.42 Å². The minimum absolute atomic E-state index is 0. The van der Waals surface area contributed by atoms with Gasteiger partial charge in [-0.1, -0.05) is 25.1 Å². The first kappa shape index (κ1) is 13.3. The maximum absolute atomic E-state index is 11.2. The Bertz CT molecular complexity index is 348. The van der Waals surface area contributed by atoms with Crippen molar-refractivity contribution in [3.05, 3.63) is 30.3 Å². The molecule has 1 rings (SSSR count). The van der Waals surface area contributed by atoms with E-state index in [1.807, 2.05) is 0 Å². The zero-order valence-electron chi connectivity index (χ0n) is 7.84. The Morgan fingerprint density at radius 1 is 1.21 bits per heavy atom. The van der Waals surface area contributed by atoms with Crippen molar-refractivity contribution in [2.45, 2.75) is 13.3 Å². The van der Waals surface area contributed by atoms with E-state index in [1.54, 1.807) is 37.3 Å². The lowest BCUT2D eigenvalue weighted by Crippen LogP contribution is -2.12. The van der Waals surface area contributed by atoms with Gasteiger partial charge in [0.1, 0.15) is 5.75 Å². The molecule has 14 heavy (non-hydrogen) atoms. The summed E-state index contributed by atoms with van der Waals surface area (Å²) in [5.74, 6) is 0.429. The van der Waals surface area contributed by atoms with E-state index in [0.29, 0.717) is 12.2 Å². The van der Waals surface area contributed by atoms with Gasteiger partial charge in [-0.15, -0.1) is 12.4 Å². The highest BCUT2D eigenvalue weighted by atomic mass is 35.5. The van der Waals surface area contributed by atoms with Gasteiger partial charge < -0.3 is 4.18 Å². The zero-order chi connectivity index (χ0) is 9.73. The van der Waals surface area contributed by atoms with E-state index >= 15 is 0 Å². The summed E-state index contributed by atoms with van der Waals surface area (Å²) in [6, 6.07) is 8.51. The Kier molecular flexibility index (Phi) is 5.57. The summed E-state index contributed by atoms with van der Waals surface area (Å²) in [6.07, 6.45) is 0.565. The predicted molar refractivity (Wildman–Crippen MR) is 58.4 cm³/mol. The average molecular weight is 237 g/mol. The zero-order valence-corrected chi connectivity index (χ0v) is 9.48. The molecular weight excluding hydrogens is 224 g/mol. The minimum atomic E-state index is -3.38. The third-order valence-corrected chi connectivity index (χ3v) is 2.78. The molecule has 5 heteroatoms.